The van der Waals surface area contributed by atoms with Crippen molar-refractivity contribution in [3.63, 3.8) is 0 Å². The molecule has 0 saturated carbocycles. The lowest BCUT2D eigenvalue weighted by atomic mass is 10.1. The van der Waals surface area contributed by atoms with E-state index < -0.39 is 16.1 Å². The summed E-state index contributed by atoms with van der Waals surface area (Å²) >= 11 is 0. The largest absolute Gasteiger partial charge is 0.341 e. The predicted molar refractivity (Wildman–Crippen MR) is 121 cm³/mol. The van der Waals surface area contributed by atoms with Crippen LogP contribution in [0.25, 0.3) is 11.0 Å². The Balaban J connectivity index is 1.51. The molecule has 0 aliphatic carbocycles. The summed E-state index contributed by atoms with van der Waals surface area (Å²) in [7, 11) is -3.65. The van der Waals surface area contributed by atoms with Gasteiger partial charge < -0.3 is 4.98 Å². The maximum atomic E-state index is 13.5. The van der Waals surface area contributed by atoms with Gasteiger partial charge in [0.1, 0.15) is 5.82 Å². The molecule has 1 saturated heterocycles. The molecule has 1 unspecified atom stereocenters. The number of H-pyrrole nitrogens is 1. The molecule has 0 bridgehead atoms. The van der Waals surface area contributed by atoms with Gasteiger partial charge in [-0.3, -0.25) is 4.90 Å². The molecule has 1 aliphatic heterocycles. The Morgan fingerprint density at radius 3 is 2.29 bits per heavy atom. The molecule has 7 heteroatoms. The highest BCUT2D eigenvalue weighted by Gasteiger charge is 2.38. The number of hydrogen-bond acceptors (Lipinski definition) is 4. The van der Waals surface area contributed by atoms with Crippen LogP contribution < -0.4 is 0 Å². The first kappa shape index (κ1) is 19.9. The Morgan fingerprint density at radius 2 is 1.55 bits per heavy atom. The fraction of sp³-hybridized carbons (Fsp3) is 0.208. The molecule has 1 atom stereocenters. The van der Waals surface area contributed by atoms with Crippen LogP contribution >= 0.6 is 0 Å². The van der Waals surface area contributed by atoms with Crippen molar-refractivity contribution in [2.75, 3.05) is 19.6 Å². The van der Waals surface area contributed by atoms with E-state index in [4.69, 9.17) is 4.98 Å². The molecular formula is C24H24N4O2S. The van der Waals surface area contributed by atoms with Gasteiger partial charge in [-0.15, -0.1) is 0 Å². The smallest absolute Gasteiger partial charge is 0.243 e. The Hall–Kier alpha value is -3.00. The zero-order valence-electron chi connectivity index (χ0n) is 17.1. The second-order valence-corrected chi connectivity index (χ2v) is 9.70. The highest BCUT2D eigenvalue weighted by Crippen LogP contribution is 2.31. The number of nitrogens with zero attached hydrogens (tertiary/aromatic N) is 3. The lowest BCUT2D eigenvalue weighted by Gasteiger charge is -2.39. The van der Waals surface area contributed by atoms with Crippen molar-refractivity contribution in [2.24, 2.45) is 0 Å². The summed E-state index contributed by atoms with van der Waals surface area (Å²) in [4.78, 5) is 10.7. The maximum absolute atomic E-state index is 13.5. The summed E-state index contributed by atoms with van der Waals surface area (Å²) in [6.45, 7) is 2.42. The van der Waals surface area contributed by atoms with Crippen molar-refractivity contribution >= 4 is 21.1 Å². The van der Waals surface area contributed by atoms with Gasteiger partial charge in [-0.2, -0.15) is 4.31 Å². The lowest BCUT2D eigenvalue weighted by Crippen LogP contribution is -2.50. The van der Waals surface area contributed by atoms with E-state index in [0.29, 0.717) is 30.4 Å². The number of aromatic nitrogens is 2. The number of benzene rings is 3. The van der Waals surface area contributed by atoms with Crippen LogP contribution in [0.3, 0.4) is 0 Å². The minimum atomic E-state index is -3.65. The van der Waals surface area contributed by atoms with Gasteiger partial charge in [0.05, 0.1) is 22.0 Å². The summed E-state index contributed by atoms with van der Waals surface area (Å²) in [6, 6.07) is 26.3. The van der Waals surface area contributed by atoms with Crippen molar-refractivity contribution in [3.8, 4) is 0 Å². The fourth-order valence-electron chi connectivity index (χ4n) is 4.18. The predicted octanol–water partition coefficient (Wildman–Crippen LogP) is 3.81. The average molecular weight is 433 g/mol. The second-order valence-electron chi connectivity index (χ2n) is 7.80. The maximum Gasteiger partial charge on any atom is 0.243 e. The highest BCUT2D eigenvalue weighted by molar-refractivity contribution is 7.89. The molecule has 5 rings (SSSR count). The van der Waals surface area contributed by atoms with Gasteiger partial charge in [0.2, 0.25) is 10.0 Å². The Labute approximate surface area is 182 Å². The molecule has 0 amide bonds. The number of para-hydroxylation sites is 2. The molecule has 6 nitrogen and oxygen atoms in total. The van der Waals surface area contributed by atoms with Crippen LogP contribution in [0.4, 0.5) is 0 Å². The van der Waals surface area contributed by atoms with Crippen LogP contribution in [-0.4, -0.2) is 47.2 Å². The van der Waals surface area contributed by atoms with E-state index in [2.05, 4.69) is 22.0 Å². The molecule has 0 spiro atoms. The minimum Gasteiger partial charge on any atom is -0.341 e. The number of piperazine rings is 1. The Morgan fingerprint density at radius 1 is 0.871 bits per heavy atom. The van der Waals surface area contributed by atoms with Gasteiger partial charge >= 0.3 is 0 Å². The van der Waals surface area contributed by atoms with E-state index in [1.54, 1.807) is 28.6 Å². The summed E-state index contributed by atoms with van der Waals surface area (Å²) in [6.07, 6.45) is 0. The SMILES string of the molecule is O=S(=O)(c1ccccc1)N1CCN(Cc2ccccc2)CC1c1nc2ccccc2[nH]1. The average Bonchev–Trinajstić information content (AvgIpc) is 3.24. The molecule has 1 N–H and O–H groups in total. The number of sulfonamides is 1. The van der Waals surface area contributed by atoms with Crippen LogP contribution in [0.15, 0.2) is 89.8 Å². The first-order valence-electron chi connectivity index (χ1n) is 10.4. The van der Waals surface area contributed by atoms with Crippen molar-refractivity contribution in [1.82, 2.24) is 19.2 Å². The van der Waals surface area contributed by atoms with E-state index in [0.717, 1.165) is 17.6 Å². The van der Waals surface area contributed by atoms with Gasteiger partial charge in [0.15, 0.2) is 0 Å². The topological polar surface area (TPSA) is 69.3 Å². The van der Waals surface area contributed by atoms with Crippen LogP contribution in [0.2, 0.25) is 0 Å². The standard InChI is InChI=1S/C24H24N4O2S/c29-31(30,20-11-5-2-6-12-20)28-16-15-27(17-19-9-3-1-4-10-19)18-23(28)24-25-21-13-7-8-14-22(21)26-24/h1-14,23H,15-18H2,(H,25,26). The van der Waals surface area contributed by atoms with E-state index in [-0.39, 0.29) is 0 Å². The fourth-order valence-corrected chi connectivity index (χ4v) is 5.77. The molecule has 3 aromatic carbocycles. The zero-order chi connectivity index (χ0) is 21.3. The Bertz CT molecular complexity index is 1240. The molecule has 1 aliphatic rings. The summed E-state index contributed by atoms with van der Waals surface area (Å²) < 4.78 is 28.6. The number of rotatable bonds is 5. The third-order valence-electron chi connectivity index (χ3n) is 5.74. The van der Waals surface area contributed by atoms with E-state index in [9.17, 15) is 8.42 Å². The Kier molecular flexibility index (Phi) is 5.31. The number of hydrogen-bond donors (Lipinski definition) is 1. The molecule has 4 aromatic rings. The van der Waals surface area contributed by atoms with Gasteiger partial charge in [-0.05, 0) is 29.8 Å². The van der Waals surface area contributed by atoms with Crippen LogP contribution in [0, 0.1) is 0 Å². The lowest BCUT2D eigenvalue weighted by molar-refractivity contribution is 0.125. The molecule has 158 valence electrons. The molecule has 1 fully saturated rings. The highest BCUT2D eigenvalue weighted by atomic mass is 32.2. The molecule has 2 heterocycles. The number of aromatic amines is 1. The van der Waals surface area contributed by atoms with Crippen molar-refractivity contribution < 1.29 is 8.42 Å². The molecule has 31 heavy (non-hydrogen) atoms. The van der Waals surface area contributed by atoms with Gasteiger partial charge in [-0.1, -0.05) is 60.7 Å². The van der Waals surface area contributed by atoms with Crippen molar-refractivity contribution in [2.45, 2.75) is 17.5 Å². The summed E-state index contributed by atoms with van der Waals surface area (Å²) in [5.74, 6) is 0.679. The van der Waals surface area contributed by atoms with Gasteiger partial charge in [0.25, 0.3) is 0 Å². The summed E-state index contributed by atoms with van der Waals surface area (Å²) in [5, 5.41) is 0. The number of nitrogens with one attached hydrogen (secondary N) is 1. The first-order valence-corrected chi connectivity index (χ1v) is 11.8. The second kappa shape index (κ2) is 8.26. The van der Waals surface area contributed by atoms with Crippen LogP contribution in [-0.2, 0) is 16.6 Å². The van der Waals surface area contributed by atoms with Gasteiger partial charge in [-0.25, -0.2) is 13.4 Å². The minimum absolute atomic E-state index is 0.313. The molecule has 0 radical (unpaired) electrons. The summed E-state index contributed by atoms with van der Waals surface area (Å²) in [5.41, 5.74) is 2.97. The third kappa shape index (κ3) is 3.99. The van der Waals surface area contributed by atoms with Crippen molar-refractivity contribution in [1.29, 1.82) is 0 Å². The molecule has 1 aromatic heterocycles. The molecular weight excluding hydrogens is 408 g/mol. The third-order valence-corrected chi connectivity index (χ3v) is 7.66. The van der Waals surface area contributed by atoms with Crippen molar-refractivity contribution in [3.05, 3.63) is 96.3 Å². The van der Waals surface area contributed by atoms with E-state index in [1.165, 1.54) is 5.56 Å². The zero-order valence-corrected chi connectivity index (χ0v) is 17.9. The van der Waals surface area contributed by atoms with Crippen LogP contribution in [0.1, 0.15) is 17.4 Å². The quantitative estimate of drug-likeness (QED) is 0.521. The van der Waals surface area contributed by atoms with Gasteiger partial charge in [0, 0.05) is 26.2 Å². The monoisotopic (exact) mass is 432 g/mol. The normalized spacial score (nSPS) is 18.4. The number of imidazole rings is 1. The van der Waals surface area contributed by atoms with E-state index in [1.807, 2.05) is 48.5 Å². The van der Waals surface area contributed by atoms with E-state index >= 15 is 0 Å². The first-order chi connectivity index (χ1) is 15.1. The number of fused-ring (bicyclic) bond motifs is 1. The van der Waals surface area contributed by atoms with Crippen LogP contribution in [0.5, 0.6) is 0 Å².